The van der Waals surface area contributed by atoms with Gasteiger partial charge in [0.15, 0.2) is 0 Å². The summed E-state index contributed by atoms with van der Waals surface area (Å²) in [5.41, 5.74) is 8.63. The van der Waals surface area contributed by atoms with Crippen LogP contribution in [0.1, 0.15) is 30.4 Å². The van der Waals surface area contributed by atoms with Gasteiger partial charge in [0.05, 0.1) is 12.1 Å². The summed E-state index contributed by atoms with van der Waals surface area (Å²) in [6.07, 6.45) is 6.16. The predicted molar refractivity (Wildman–Crippen MR) is 124 cm³/mol. The van der Waals surface area contributed by atoms with Gasteiger partial charge in [-0.25, -0.2) is 4.98 Å². The Balaban J connectivity index is 0.00000171. The molecule has 1 saturated heterocycles. The summed E-state index contributed by atoms with van der Waals surface area (Å²) in [5.74, 6) is -0.312. The summed E-state index contributed by atoms with van der Waals surface area (Å²) in [6.45, 7) is 2.87. The van der Waals surface area contributed by atoms with Crippen LogP contribution in [0.3, 0.4) is 0 Å². The number of pyridine rings is 1. The number of carbonyl (C=O) groups excluding carboxylic acids is 2. The Bertz CT molecular complexity index is 1030. The second kappa shape index (κ2) is 10.6. The van der Waals surface area contributed by atoms with Gasteiger partial charge in [-0.15, -0.1) is 24.8 Å². The number of carbonyl (C=O) groups is 2. The smallest absolute Gasteiger partial charge is 0.237 e. The minimum Gasteiger partial charge on any atom is -0.368 e. The SMILES string of the molecule is C[C@@H](C(=O)NCc1ccn2ccnc2c1)N1CC(c2ccccc2)CC1C(N)=O.Cl.Cl. The molecule has 2 unspecified atom stereocenters. The van der Waals surface area contributed by atoms with Gasteiger partial charge in [0, 0.05) is 31.7 Å². The van der Waals surface area contributed by atoms with Gasteiger partial charge < -0.3 is 15.5 Å². The number of hydrogen-bond donors (Lipinski definition) is 2. The zero-order chi connectivity index (χ0) is 20.4. The highest BCUT2D eigenvalue weighted by Gasteiger charge is 2.40. The number of likely N-dealkylation sites (tertiary alicyclic amines) is 1. The normalized spacial score (nSPS) is 19.3. The summed E-state index contributed by atoms with van der Waals surface area (Å²) in [4.78, 5) is 31.0. The van der Waals surface area contributed by atoms with Crippen molar-refractivity contribution in [3.63, 3.8) is 0 Å². The Morgan fingerprint density at radius 2 is 1.94 bits per heavy atom. The standard InChI is InChI=1S/C22H25N5O2.2ClH/c1-15(22(29)25-13-16-7-9-26-10-8-24-20(26)11-16)27-14-18(12-19(27)21(23)28)17-5-3-2-4-6-17;;/h2-11,15,18-19H,12-14H2,1H3,(H2,23,28)(H,25,29);2*1H/t15-,18?,19?;;/m0../s1. The minimum atomic E-state index is -0.448. The van der Waals surface area contributed by atoms with Crippen molar-refractivity contribution in [1.82, 2.24) is 19.6 Å². The minimum absolute atomic E-state index is 0. The van der Waals surface area contributed by atoms with Gasteiger partial charge >= 0.3 is 0 Å². The third-order valence-electron chi connectivity index (χ3n) is 5.74. The molecule has 0 aliphatic carbocycles. The van der Waals surface area contributed by atoms with Crippen molar-refractivity contribution < 1.29 is 9.59 Å². The summed E-state index contributed by atoms with van der Waals surface area (Å²) >= 11 is 0. The lowest BCUT2D eigenvalue weighted by atomic mass is 9.96. The topological polar surface area (TPSA) is 92.7 Å². The Morgan fingerprint density at radius 1 is 1.19 bits per heavy atom. The highest BCUT2D eigenvalue weighted by atomic mass is 35.5. The van der Waals surface area contributed by atoms with E-state index >= 15 is 0 Å². The van der Waals surface area contributed by atoms with Gasteiger partial charge in [-0.3, -0.25) is 14.5 Å². The third kappa shape index (κ3) is 5.36. The van der Waals surface area contributed by atoms with E-state index in [-0.39, 0.29) is 42.5 Å². The van der Waals surface area contributed by atoms with Crippen molar-refractivity contribution in [3.05, 3.63) is 72.2 Å². The molecule has 3 atom stereocenters. The van der Waals surface area contributed by atoms with Crippen LogP contribution in [-0.4, -0.2) is 44.7 Å². The number of nitrogens with zero attached hydrogens (tertiary/aromatic N) is 3. The number of amides is 2. The van der Waals surface area contributed by atoms with Crippen LogP contribution in [-0.2, 0) is 16.1 Å². The Labute approximate surface area is 193 Å². The van der Waals surface area contributed by atoms with Crippen molar-refractivity contribution >= 4 is 42.3 Å². The van der Waals surface area contributed by atoms with Crippen LogP contribution in [0.25, 0.3) is 5.65 Å². The average molecular weight is 464 g/mol. The molecule has 1 aliphatic rings. The maximum Gasteiger partial charge on any atom is 0.237 e. The highest BCUT2D eigenvalue weighted by molar-refractivity contribution is 5.86. The van der Waals surface area contributed by atoms with Crippen LogP contribution in [0.2, 0.25) is 0 Å². The summed E-state index contributed by atoms with van der Waals surface area (Å²) in [7, 11) is 0. The van der Waals surface area contributed by atoms with Gasteiger partial charge in [0.1, 0.15) is 5.65 Å². The molecular weight excluding hydrogens is 437 g/mol. The van der Waals surface area contributed by atoms with E-state index in [0.29, 0.717) is 19.5 Å². The molecule has 31 heavy (non-hydrogen) atoms. The molecule has 1 aliphatic heterocycles. The number of fused-ring (bicyclic) bond motifs is 1. The number of aromatic nitrogens is 2. The quantitative estimate of drug-likeness (QED) is 0.587. The first kappa shape index (κ1) is 24.7. The molecule has 9 heteroatoms. The molecule has 2 amide bonds. The summed E-state index contributed by atoms with van der Waals surface area (Å²) in [5, 5.41) is 2.98. The lowest BCUT2D eigenvalue weighted by Gasteiger charge is -2.28. The van der Waals surface area contributed by atoms with Crippen molar-refractivity contribution in [2.24, 2.45) is 5.73 Å². The van der Waals surface area contributed by atoms with Gasteiger partial charge in [-0.05, 0) is 42.5 Å². The number of primary amides is 1. The summed E-state index contributed by atoms with van der Waals surface area (Å²) in [6, 6.07) is 13.1. The largest absolute Gasteiger partial charge is 0.368 e. The molecule has 1 aromatic carbocycles. The van der Waals surface area contributed by atoms with Crippen LogP contribution in [0.15, 0.2) is 61.1 Å². The number of halogens is 2. The highest BCUT2D eigenvalue weighted by Crippen LogP contribution is 2.33. The number of nitrogens with one attached hydrogen (secondary N) is 1. The first-order valence-electron chi connectivity index (χ1n) is 9.82. The second-order valence-electron chi connectivity index (χ2n) is 7.58. The van der Waals surface area contributed by atoms with Gasteiger partial charge in [0.2, 0.25) is 11.8 Å². The molecule has 3 aromatic rings. The van der Waals surface area contributed by atoms with Crippen molar-refractivity contribution in [2.75, 3.05) is 6.54 Å². The van der Waals surface area contributed by atoms with Crippen molar-refractivity contribution in [2.45, 2.75) is 37.9 Å². The molecule has 3 N–H and O–H groups in total. The maximum atomic E-state index is 12.8. The van der Waals surface area contributed by atoms with Crippen LogP contribution >= 0.6 is 24.8 Å². The fourth-order valence-electron chi connectivity index (χ4n) is 4.09. The van der Waals surface area contributed by atoms with E-state index in [1.807, 2.05) is 58.9 Å². The Morgan fingerprint density at radius 3 is 2.65 bits per heavy atom. The average Bonchev–Trinajstić information content (AvgIpc) is 3.39. The molecule has 2 aromatic heterocycles. The Hall–Kier alpha value is -2.61. The molecule has 0 saturated carbocycles. The fourth-order valence-corrected chi connectivity index (χ4v) is 4.09. The number of hydrogen-bond acceptors (Lipinski definition) is 4. The van der Waals surface area contributed by atoms with Crippen LogP contribution < -0.4 is 11.1 Å². The molecule has 0 bridgehead atoms. The predicted octanol–water partition coefficient (Wildman–Crippen LogP) is 2.53. The van der Waals surface area contributed by atoms with Crippen LogP contribution in [0.5, 0.6) is 0 Å². The number of imidazole rings is 1. The monoisotopic (exact) mass is 463 g/mol. The lowest BCUT2D eigenvalue weighted by Crippen LogP contribution is -2.51. The van der Waals surface area contributed by atoms with Gasteiger partial charge in [-0.2, -0.15) is 0 Å². The zero-order valence-electron chi connectivity index (χ0n) is 17.2. The van der Waals surface area contributed by atoms with E-state index in [2.05, 4.69) is 22.4 Å². The van der Waals surface area contributed by atoms with E-state index < -0.39 is 12.1 Å². The number of nitrogens with two attached hydrogens (primary N) is 1. The fraction of sp³-hybridized carbons (Fsp3) is 0.318. The van der Waals surface area contributed by atoms with E-state index in [1.165, 1.54) is 5.56 Å². The molecular formula is C22H27Cl2N5O2. The molecule has 0 radical (unpaired) electrons. The Kier molecular flexibility index (Phi) is 8.44. The maximum absolute atomic E-state index is 12.8. The third-order valence-corrected chi connectivity index (χ3v) is 5.74. The summed E-state index contributed by atoms with van der Waals surface area (Å²) < 4.78 is 1.92. The second-order valence-corrected chi connectivity index (χ2v) is 7.58. The van der Waals surface area contributed by atoms with Crippen molar-refractivity contribution in [3.8, 4) is 0 Å². The van der Waals surface area contributed by atoms with E-state index in [1.54, 1.807) is 6.20 Å². The van der Waals surface area contributed by atoms with Crippen LogP contribution in [0.4, 0.5) is 0 Å². The number of benzene rings is 1. The molecule has 4 rings (SSSR count). The van der Waals surface area contributed by atoms with Crippen LogP contribution in [0, 0.1) is 0 Å². The molecule has 166 valence electrons. The molecule has 1 fully saturated rings. The number of rotatable bonds is 6. The molecule has 7 nitrogen and oxygen atoms in total. The lowest BCUT2D eigenvalue weighted by molar-refractivity contribution is -0.129. The zero-order valence-corrected chi connectivity index (χ0v) is 18.8. The molecule has 3 heterocycles. The first-order chi connectivity index (χ1) is 14.0. The van der Waals surface area contributed by atoms with Gasteiger partial charge in [-0.1, -0.05) is 30.3 Å². The molecule has 0 spiro atoms. The van der Waals surface area contributed by atoms with E-state index in [4.69, 9.17) is 5.73 Å². The van der Waals surface area contributed by atoms with E-state index in [0.717, 1.165) is 11.2 Å². The van der Waals surface area contributed by atoms with E-state index in [9.17, 15) is 9.59 Å². The first-order valence-corrected chi connectivity index (χ1v) is 9.82. The van der Waals surface area contributed by atoms with Gasteiger partial charge in [0.25, 0.3) is 0 Å². The van der Waals surface area contributed by atoms with Crippen molar-refractivity contribution in [1.29, 1.82) is 0 Å².